The molecule has 2 fully saturated rings. The largest absolute Gasteiger partial charge is 0.396 e. The number of allylic oxidation sites excluding steroid dienone is 2. The van der Waals surface area contributed by atoms with E-state index >= 15 is 0 Å². The Hall–Kier alpha value is -4.92. The van der Waals surface area contributed by atoms with Crippen molar-refractivity contribution in [1.29, 1.82) is 0 Å². The van der Waals surface area contributed by atoms with Crippen molar-refractivity contribution < 1.29 is 36.6 Å². The van der Waals surface area contributed by atoms with Crippen molar-refractivity contribution in [1.82, 2.24) is 28.4 Å². The number of carbonyl (C=O) groups is 2. The zero-order valence-electron chi connectivity index (χ0n) is 36.6. The van der Waals surface area contributed by atoms with E-state index in [9.17, 15) is 46.2 Å². The number of sulfonamides is 2. The van der Waals surface area contributed by atoms with E-state index in [2.05, 4.69) is 10.6 Å². The number of hydrogen-bond donors (Lipinski definition) is 4. The Morgan fingerprint density at radius 2 is 1.00 bits per heavy atom. The van der Waals surface area contributed by atoms with Crippen LogP contribution in [0.5, 0.6) is 0 Å². The number of halogens is 2. The minimum Gasteiger partial charge on any atom is -0.396 e. The van der Waals surface area contributed by atoms with Crippen molar-refractivity contribution >= 4 is 67.2 Å². The first-order valence-corrected chi connectivity index (χ1v) is 25.8. The van der Waals surface area contributed by atoms with Gasteiger partial charge in [-0.25, -0.2) is 16.8 Å². The first kappa shape index (κ1) is 49.0. The van der Waals surface area contributed by atoms with Gasteiger partial charge in [0.2, 0.25) is 31.9 Å². The highest BCUT2D eigenvalue weighted by atomic mass is 35.5. The molecule has 4 aliphatic rings. The molecule has 8 atom stereocenters. The summed E-state index contributed by atoms with van der Waals surface area (Å²) in [5.41, 5.74) is 3.03. The number of pyridine rings is 2. The Balaban J connectivity index is 0.000000196. The van der Waals surface area contributed by atoms with Crippen LogP contribution in [0, 0.1) is 23.7 Å². The van der Waals surface area contributed by atoms with Crippen LogP contribution in [-0.2, 0) is 55.8 Å². The van der Waals surface area contributed by atoms with E-state index in [-0.39, 0.29) is 50.5 Å². The van der Waals surface area contributed by atoms with Crippen molar-refractivity contribution in [3.05, 3.63) is 149 Å². The SMILES string of the molecule is C/C=C/c1ccc2n(c1=O)C[C@H]1[C@H](CO)[C@@H](C(=O)NCc3ccccc3Cl)N(S(C)(=O)=O)[C@@H]21.C/C=C\c1ccc2n(c1=O)C[C@H]1[C@H](CO)[C@@H](C(=O)NCc3ccccc3Cl)N(S(C)(=O)=O)[C@@H]21. The summed E-state index contributed by atoms with van der Waals surface area (Å²) in [5.74, 6) is -3.16. The number of aliphatic hydroxyl groups is 2. The summed E-state index contributed by atoms with van der Waals surface area (Å²) < 4.78 is 57.0. The molecule has 20 heteroatoms. The molecule has 8 rings (SSSR count). The van der Waals surface area contributed by atoms with Gasteiger partial charge in [0.1, 0.15) is 12.1 Å². The Bertz CT molecular complexity index is 2740. The van der Waals surface area contributed by atoms with Crippen LogP contribution in [0.3, 0.4) is 0 Å². The summed E-state index contributed by atoms with van der Waals surface area (Å²) in [7, 11) is -7.71. The van der Waals surface area contributed by atoms with Crippen molar-refractivity contribution in [2.75, 3.05) is 25.7 Å². The average molecular weight is 984 g/mol. The van der Waals surface area contributed by atoms with E-state index in [0.717, 1.165) is 21.1 Å². The molecule has 4 aliphatic heterocycles. The molecule has 2 aromatic carbocycles. The second-order valence-electron chi connectivity index (χ2n) is 16.9. The highest BCUT2D eigenvalue weighted by Gasteiger charge is 2.60. The first-order valence-electron chi connectivity index (χ1n) is 21.3. The minimum absolute atomic E-state index is 0.128. The van der Waals surface area contributed by atoms with Crippen LogP contribution in [0.25, 0.3) is 12.2 Å². The van der Waals surface area contributed by atoms with Gasteiger partial charge in [-0.3, -0.25) is 19.2 Å². The first-order chi connectivity index (χ1) is 31.4. The Morgan fingerprint density at radius 3 is 1.32 bits per heavy atom. The predicted molar refractivity (Wildman–Crippen MR) is 252 cm³/mol. The van der Waals surface area contributed by atoms with Crippen LogP contribution in [0.1, 0.15) is 59.6 Å². The number of aromatic nitrogens is 2. The number of carbonyl (C=O) groups excluding carboxylic acids is 2. The Morgan fingerprint density at radius 1 is 0.636 bits per heavy atom. The van der Waals surface area contributed by atoms with Gasteiger partial charge in [-0.05, 0) is 61.4 Å². The quantitative estimate of drug-likeness (QED) is 0.162. The number of aliphatic hydroxyl groups excluding tert-OH is 2. The second kappa shape index (κ2) is 19.7. The van der Waals surface area contributed by atoms with Gasteiger partial charge < -0.3 is 30.0 Å². The standard InChI is InChI=1S/2C23H26ClN3O5S/c2*1-3-6-14-9-10-19-20-16(12-26(19)23(14)30)17(13-28)21(27(20)33(2,31)32)22(29)25-11-15-7-4-5-8-18(15)24/h2*3-10,16-17,20-21,28H,11-13H2,1-2H3,(H,25,29)/b6-3+;6-3-/t2*16-,17-,20+,21-/m00/s1. The van der Waals surface area contributed by atoms with Crippen molar-refractivity contribution in [3.8, 4) is 0 Å². The fraction of sp³-hybridized carbons (Fsp3) is 0.391. The molecule has 0 aliphatic carbocycles. The van der Waals surface area contributed by atoms with Gasteiger partial charge in [-0.15, -0.1) is 0 Å². The van der Waals surface area contributed by atoms with Crippen LogP contribution in [0.2, 0.25) is 10.0 Å². The second-order valence-corrected chi connectivity index (χ2v) is 21.5. The number of benzene rings is 2. The third-order valence-electron chi connectivity index (χ3n) is 12.9. The van der Waals surface area contributed by atoms with Crippen LogP contribution in [-0.4, -0.2) is 94.4 Å². The molecule has 16 nitrogen and oxygen atoms in total. The topological polar surface area (TPSA) is 217 Å². The molecule has 4 aromatic rings. The molecular formula is C46H52Cl2N6O10S2. The van der Waals surface area contributed by atoms with E-state index in [1.807, 2.05) is 13.8 Å². The lowest BCUT2D eigenvalue weighted by Crippen LogP contribution is -2.50. The summed E-state index contributed by atoms with van der Waals surface area (Å²) in [6.45, 7) is 3.57. The highest BCUT2D eigenvalue weighted by molar-refractivity contribution is 7.88. The number of nitrogens with zero attached hydrogens (tertiary/aromatic N) is 4. The zero-order valence-corrected chi connectivity index (χ0v) is 39.8. The Kier molecular flexibility index (Phi) is 14.7. The number of fused-ring (bicyclic) bond motifs is 6. The lowest BCUT2D eigenvalue weighted by molar-refractivity contribution is -0.127. The molecule has 2 amide bonds. The lowest BCUT2D eigenvalue weighted by Gasteiger charge is -2.28. The molecule has 0 radical (unpaired) electrons. The van der Waals surface area contributed by atoms with Gasteiger partial charge in [0, 0.05) is 95.6 Å². The minimum atomic E-state index is -3.85. The molecule has 2 saturated heterocycles. The van der Waals surface area contributed by atoms with Gasteiger partial charge in [-0.1, -0.05) is 83.9 Å². The van der Waals surface area contributed by atoms with E-state index in [1.165, 1.54) is 0 Å². The molecule has 0 saturated carbocycles. The summed E-state index contributed by atoms with van der Waals surface area (Å²) in [6.07, 6.45) is 9.02. The summed E-state index contributed by atoms with van der Waals surface area (Å²) >= 11 is 12.3. The van der Waals surface area contributed by atoms with Crippen molar-refractivity contribution in [3.63, 3.8) is 0 Å². The van der Waals surface area contributed by atoms with Crippen molar-refractivity contribution in [2.24, 2.45) is 23.7 Å². The van der Waals surface area contributed by atoms with Crippen LogP contribution >= 0.6 is 23.2 Å². The number of nitrogens with one attached hydrogen (secondary N) is 2. The Labute approximate surface area is 393 Å². The summed E-state index contributed by atoms with van der Waals surface area (Å²) in [6, 6.07) is 17.3. The summed E-state index contributed by atoms with van der Waals surface area (Å²) in [4.78, 5) is 52.4. The van der Waals surface area contributed by atoms with E-state index < -0.39 is 79.7 Å². The number of amides is 2. The van der Waals surface area contributed by atoms with Gasteiger partial charge in [0.25, 0.3) is 11.1 Å². The van der Waals surface area contributed by atoms with Crippen LogP contribution in [0.15, 0.2) is 94.5 Å². The van der Waals surface area contributed by atoms with E-state index in [0.29, 0.717) is 43.7 Å². The zero-order chi connectivity index (χ0) is 47.8. The fourth-order valence-electron chi connectivity index (χ4n) is 10.1. The molecule has 2 aromatic heterocycles. The lowest BCUT2D eigenvalue weighted by atomic mass is 9.88. The molecule has 0 spiro atoms. The molecule has 66 heavy (non-hydrogen) atoms. The third-order valence-corrected chi connectivity index (χ3v) is 16.1. The molecule has 0 unspecified atom stereocenters. The maximum absolute atomic E-state index is 13.3. The summed E-state index contributed by atoms with van der Waals surface area (Å²) in [5, 5.41) is 27.0. The monoisotopic (exact) mass is 982 g/mol. The molecule has 352 valence electrons. The highest BCUT2D eigenvalue weighted by Crippen LogP contribution is 2.51. The number of rotatable bonds is 12. The average Bonchev–Trinajstić information content (AvgIpc) is 4.01. The van der Waals surface area contributed by atoms with E-state index in [4.69, 9.17) is 23.2 Å². The maximum atomic E-state index is 13.3. The predicted octanol–water partition coefficient (Wildman–Crippen LogP) is 3.55. The van der Waals surface area contributed by atoms with E-state index in [1.54, 1.807) is 106 Å². The molecular weight excluding hydrogens is 932 g/mol. The van der Waals surface area contributed by atoms with Gasteiger partial charge in [-0.2, -0.15) is 8.61 Å². The molecule has 0 bridgehead atoms. The maximum Gasteiger partial charge on any atom is 0.258 e. The molecule has 6 heterocycles. The fourth-order valence-corrected chi connectivity index (χ4v) is 13.2. The van der Waals surface area contributed by atoms with Crippen molar-refractivity contribution in [2.45, 2.75) is 64.2 Å². The number of hydrogen-bond acceptors (Lipinski definition) is 10. The van der Waals surface area contributed by atoms with Gasteiger partial charge in [0.05, 0.1) is 24.6 Å². The molecule has 4 N–H and O–H groups in total. The smallest absolute Gasteiger partial charge is 0.258 e. The normalized spacial score (nSPS) is 24.7. The van der Waals surface area contributed by atoms with Crippen LogP contribution < -0.4 is 21.8 Å². The van der Waals surface area contributed by atoms with Crippen LogP contribution in [0.4, 0.5) is 0 Å². The van der Waals surface area contributed by atoms with Gasteiger partial charge in [0.15, 0.2) is 0 Å². The third kappa shape index (κ3) is 9.21. The van der Waals surface area contributed by atoms with Gasteiger partial charge >= 0.3 is 0 Å².